The van der Waals surface area contributed by atoms with Crippen molar-refractivity contribution in [3.05, 3.63) is 118 Å². The molecule has 3 amide bonds. The Labute approximate surface area is 412 Å². The zero-order valence-corrected chi connectivity index (χ0v) is 42.9. The lowest BCUT2D eigenvalue weighted by Gasteiger charge is -2.37. The summed E-state index contributed by atoms with van der Waals surface area (Å²) in [6, 6.07) is 19.7. The normalized spacial score (nSPS) is 16.7. The predicted molar refractivity (Wildman–Crippen MR) is 273 cm³/mol. The first kappa shape index (κ1) is 48.8. The third-order valence-corrected chi connectivity index (χ3v) is 15.3. The van der Waals surface area contributed by atoms with Gasteiger partial charge in [-0.1, -0.05) is 62.3 Å². The molecule has 0 radical (unpaired) electrons. The second kappa shape index (κ2) is 20.9. The number of likely N-dealkylation sites (tertiary alicyclic amines) is 2. The fraction of sp³-hybridized carbons (Fsp3) is 0.434. The lowest BCUT2D eigenvalue weighted by molar-refractivity contribution is -0.144. The predicted octanol–water partition coefficient (Wildman–Crippen LogP) is 10.3. The van der Waals surface area contributed by atoms with Crippen LogP contribution in [0.5, 0.6) is 0 Å². The molecule has 8 rings (SSSR count). The standard InChI is InChI=1S/C53H64BrN9O4S/c1-33-11-12-41(48-35(3)59-67-37(48)5)28-46(33)63(42-17-18-44(43(54)29-42)61-27-22-55-31-61)30-38-19-24-60(25-20-38)26-21-47(64)58-50(53(6,7)8)52(66)62-23-9-10-45(62)51(65)57-34(2)39-13-15-40(16-14-39)49-36(4)56-32-68-49/h11-18,22,27-29,31-32,34,38,45,50H,9-10,19-21,23-26,30H2,1-8H3,(H,57,65)(H,58,64)/t34-,45-,50+/m0/s1. The first-order valence-electron chi connectivity index (χ1n) is 23.8. The van der Waals surface area contributed by atoms with Gasteiger partial charge in [-0.3, -0.25) is 14.4 Å². The fourth-order valence-electron chi connectivity index (χ4n) is 9.72. The van der Waals surface area contributed by atoms with Crippen molar-refractivity contribution in [1.29, 1.82) is 0 Å². The Bertz CT molecular complexity index is 2700. The summed E-state index contributed by atoms with van der Waals surface area (Å²) in [7, 11) is 0. The number of aryl methyl sites for hydroxylation is 4. The monoisotopic (exact) mass is 1000 g/mol. The molecule has 3 aromatic heterocycles. The number of carbonyl (C=O) groups is 3. The molecule has 0 saturated carbocycles. The zero-order chi connectivity index (χ0) is 48.3. The van der Waals surface area contributed by atoms with Gasteiger partial charge >= 0.3 is 0 Å². The van der Waals surface area contributed by atoms with Gasteiger partial charge in [-0.15, -0.1) is 11.3 Å². The molecule has 0 spiro atoms. The van der Waals surface area contributed by atoms with Gasteiger partial charge in [0, 0.05) is 59.9 Å². The highest BCUT2D eigenvalue weighted by molar-refractivity contribution is 9.10. The Morgan fingerprint density at radius 3 is 2.32 bits per heavy atom. The quantitative estimate of drug-likeness (QED) is 0.103. The SMILES string of the molecule is Cc1ccc(-c2c(C)noc2C)cc1N(CC1CCN(CCC(=O)N[C@H](C(=O)N2CCC[C@H]2C(=O)N[C@@H](C)c2ccc(-c3scnc3C)cc2)C(C)(C)C)CC1)c1ccc(-n2ccnc2)c(Br)c1. The number of nitrogens with zero attached hydrogens (tertiary/aromatic N) is 7. The molecule has 2 fully saturated rings. The number of imidazole rings is 1. The van der Waals surface area contributed by atoms with E-state index in [9.17, 15) is 14.4 Å². The number of amides is 3. The summed E-state index contributed by atoms with van der Waals surface area (Å²) < 4.78 is 8.54. The van der Waals surface area contributed by atoms with Crippen LogP contribution in [0.25, 0.3) is 27.3 Å². The van der Waals surface area contributed by atoms with E-state index >= 15 is 0 Å². The molecular formula is C53H64BrN9O4S. The lowest BCUT2D eigenvalue weighted by atomic mass is 9.85. The van der Waals surface area contributed by atoms with Gasteiger partial charge in [-0.05, 0) is 147 Å². The van der Waals surface area contributed by atoms with Gasteiger partial charge in [0.05, 0.1) is 39.8 Å². The highest BCUT2D eigenvalue weighted by Gasteiger charge is 2.42. The molecule has 2 aliphatic heterocycles. The summed E-state index contributed by atoms with van der Waals surface area (Å²) in [6.45, 7) is 19.6. The van der Waals surface area contributed by atoms with Crippen LogP contribution in [0.4, 0.5) is 11.4 Å². The van der Waals surface area contributed by atoms with Gasteiger partial charge in [-0.2, -0.15) is 0 Å². The summed E-state index contributed by atoms with van der Waals surface area (Å²) in [4.78, 5) is 58.1. The Hall–Kier alpha value is -5.64. The number of rotatable bonds is 15. The molecule has 0 unspecified atom stereocenters. The highest BCUT2D eigenvalue weighted by Crippen LogP contribution is 2.39. The molecule has 2 aliphatic rings. The summed E-state index contributed by atoms with van der Waals surface area (Å²) in [5.41, 5.74) is 11.7. The van der Waals surface area contributed by atoms with E-state index in [1.807, 2.05) is 76.9 Å². The first-order valence-corrected chi connectivity index (χ1v) is 25.4. The lowest BCUT2D eigenvalue weighted by Crippen LogP contribution is -2.58. The molecule has 0 aliphatic carbocycles. The molecule has 2 saturated heterocycles. The molecule has 2 N–H and O–H groups in total. The van der Waals surface area contributed by atoms with E-state index in [4.69, 9.17) is 4.52 Å². The number of aromatic nitrogens is 4. The van der Waals surface area contributed by atoms with Crippen molar-refractivity contribution in [3.8, 4) is 27.3 Å². The third kappa shape index (κ3) is 11.0. The molecule has 3 atom stereocenters. The van der Waals surface area contributed by atoms with Crippen molar-refractivity contribution in [2.24, 2.45) is 11.3 Å². The molecule has 3 aromatic carbocycles. The Kier molecular flexibility index (Phi) is 15.0. The van der Waals surface area contributed by atoms with Crippen molar-refractivity contribution in [2.75, 3.05) is 37.6 Å². The Balaban J connectivity index is 0.879. The number of piperidine rings is 1. The number of hydrogen-bond acceptors (Lipinski definition) is 10. The van der Waals surface area contributed by atoms with Crippen molar-refractivity contribution in [3.63, 3.8) is 0 Å². The molecule has 0 bridgehead atoms. The third-order valence-electron chi connectivity index (χ3n) is 13.7. The minimum atomic E-state index is -0.770. The Morgan fingerprint density at radius 2 is 1.68 bits per heavy atom. The van der Waals surface area contributed by atoms with Crippen molar-refractivity contribution >= 4 is 56.4 Å². The van der Waals surface area contributed by atoms with Crippen LogP contribution in [-0.2, 0) is 14.4 Å². The van der Waals surface area contributed by atoms with E-state index in [0.717, 1.165) is 105 Å². The molecule has 68 heavy (non-hydrogen) atoms. The molecule has 15 heteroatoms. The van der Waals surface area contributed by atoms with Gasteiger partial charge in [0.2, 0.25) is 17.7 Å². The molecular weight excluding hydrogens is 939 g/mol. The molecule has 6 aromatic rings. The van der Waals surface area contributed by atoms with Crippen LogP contribution in [-0.4, -0.2) is 92.0 Å². The molecule has 13 nitrogen and oxygen atoms in total. The van der Waals surface area contributed by atoms with Gasteiger partial charge < -0.3 is 34.4 Å². The topological polar surface area (TPSA) is 142 Å². The van der Waals surface area contributed by atoms with E-state index in [1.165, 1.54) is 5.56 Å². The van der Waals surface area contributed by atoms with E-state index in [1.54, 1.807) is 28.8 Å². The number of carbonyl (C=O) groups excluding carboxylic acids is 3. The molecule has 358 valence electrons. The van der Waals surface area contributed by atoms with Crippen LogP contribution >= 0.6 is 27.3 Å². The van der Waals surface area contributed by atoms with E-state index in [-0.39, 0.29) is 30.2 Å². The fourth-order valence-corrected chi connectivity index (χ4v) is 11.1. The number of anilines is 2. The van der Waals surface area contributed by atoms with Gasteiger partial charge in [0.25, 0.3) is 0 Å². The summed E-state index contributed by atoms with van der Waals surface area (Å²) >= 11 is 5.47. The summed E-state index contributed by atoms with van der Waals surface area (Å²) in [5.74, 6) is 0.667. The maximum atomic E-state index is 14.3. The average molecular weight is 1000 g/mol. The highest BCUT2D eigenvalue weighted by atomic mass is 79.9. The minimum Gasteiger partial charge on any atom is -0.361 e. The van der Waals surface area contributed by atoms with Crippen molar-refractivity contribution in [1.82, 2.24) is 40.1 Å². The minimum absolute atomic E-state index is 0.157. The zero-order valence-electron chi connectivity index (χ0n) is 40.5. The van der Waals surface area contributed by atoms with Crippen LogP contribution in [0.1, 0.15) is 94.1 Å². The second-order valence-electron chi connectivity index (χ2n) is 19.6. The van der Waals surface area contributed by atoms with Gasteiger partial charge in [0.1, 0.15) is 17.8 Å². The number of nitrogens with one attached hydrogen (secondary N) is 2. The Morgan fingerprint density at radius 1 is 0.926 bits per heavy atom. The van der Waals surface area contributed by atoms with Crippen LogP contribution in [0.3, 0.4) is 0 Å². The first-order chi connectivity index (χ1) is 32.5. The van der Waals surface area contributed by atoms with Crippen molar-refractivity contribution in [2.45, 2.75) is 106 Å². The van der Waals surface area contributed by atoms with E-state index in [0.29, 0.717) is 25.4 Å². The van der Waals surface area contributed by atoms with Crippen LogP contribution in [0.15, 0.2) is 93.9 Å². The van der Waals surface area contributed by atoms with E-state index in [2.05, 4.69) is 107 Å². The second-order valence-corrected chi connectivity index (χ2v) is 21.3. The van der Waals surface area contributed by atoms with Crippen LogP contribution < -0.4 is 15.5 Å². The summed E-state index contributed by atoms with van der Waals surface area (Å²) in [5, 5.41) is 10.5. The number of thiazole rings is 1. The maximum absolute atomic E-state index is 14.3. The van der Waals surface area contributed by atoms with Crippen molar-refractivity contribution < 1.29 is 18.9 Å². The smallest absolute Gasteiger partial charge is 0.246 e. The average Bonchev–Trinajstić information content (AvgIpc) is 4.16. The number of benzene rings is 3. The molecule has 5 heterocycles. The maximum Gasteiger partial charge on any atom is 0.246 e. The number of hydrogen-bond donors (Lipinski definition) is 2. The van der Waals surface area contributed by atoms with E-state index < -0.39 is 17.5 Å². The summed E-state index contributed by atoms with van der Waals surface area (Å²) in [6.07, 6.45) is 9.07. The van der Waals surface area contributed by atoms with Crippen LogP contribution in [0.2, 0.25) is 0 Å². The van der Waals surface area contributed by atoms with Gasteiger partial charge in [0.15, 0.2) is 0 Å². The van der Waals surface area contributed by atoms with Gasteiger partial charge in [-0.25, -0.2) is 9.97 Å². The number of halogens is 1. The largest absolute Gasteiger partial charge is 0.361 e. The van der Waals surface area contributed by atoms with Crippen LogP contribution in [0, 0.1) is 39.0 Å².